The molecule has 0 amide bonds. The van der Waals surface area contributed by atoms with Crippen molar-refractivity contribution in [3.8, 4) is 0 Å². The third-order valence-electron chi connectivity index (χ3n) is 3.29. The molecule has 106 valence electrons. The van der Waals surface area contributed by atoms with Crippen LogP contribution in [0.15, 0.2) is 35.9 Å². The lowest BCUT2D eigenvalue weighted by Crippen LogP contribution is -2.15. The lowest BCUT2D eigenvalue weighted by molar-refractivity contribution is -0.137. The van der Waals surface area contributed by atoms with Gasteiger partial charge in [0.15, 0.2) is 5.78 Å². The SMILES string of the molecule is N=C1CC(C=CCl)C(=O)C1c1cccc(C(F)(F)F)c1. The van der Waals surface area contributed by atoms with E-state index in [1.165, 1.54) is 23.7 Å². The Morgan fingerprint density at radius 1 is 1.35 bits per heavy atom. The molecule has 1 saturated carbocycles. The number of Topliss-reactive ketones (excluding diaryl/α,β-unsaturated/α-hetero) is 1. The van der Waals surface area contributed by atoms with Gasteiger partial charge in [-0.15, -0.1) is 0 Å². The van der Waals surface area contributed by atoms with Crippen molar-refractivity contribution >= 4 is 23.1 Å². The maximum Gasteiger partial charge on any atom is 0.416 e. The normalized spacial score (nSPS) is 23.8. The zero-order valence-corrected chi connectivity index (χ0v) is 11.0. The molecule has 0 heterocycles. The quantitative estimate of drug-likeness (QED) is 0.876. The van der Waals surface area contributed by atoms with Crippen LogP contribution in [0.2, 0.25) is 0 Å². The highest BCUT2D eigenvalue weighted by Crippen LogP contribution is 2.36. The summed E-state index contributed by atoms with van der Waals surface area (Å²) in [6.07, 6.45) is -2.80. The third-order valence-corrected chi connectivity index (χ3v) is 3.44. The highest BCUT2D eigenvalue weighted by atomic mass is 35.5. The molecule has 1 N–H and O–H groups in total. The first kappa shape index (κ1) is 14.8. The first-order valence-electron chi connectivity index (χ1n) is 5.89. The van der Waals surface area contributed by atoms with E-state index < -0.39 is 23.6 Å². The minimum Gasteiger partial charge on any atom is -0.309 e. The number of ketones is 1. The fourth-order valence-corrected chi connectivity index (χ4v) is 2.53. The van der Waals surface area contributed by atoms with E-state index in [9.17, 15) is 18.0 Å². The van der Waals surface area contributed by atoms with Gasteiger partial charge in [0.25, 0.3) is 0 Å². The summed E-state index contributed by atoms with van der Waals surface area (Å²) < 4.78 is 38.0. The summed E-state index contributed by atoms with van der Waals surface area (Å²) in [5.74, 6) is -1.72. The van der Waals surface area contributed by atoms with E-state index in [1.54, 1.807) is 0 Å². The van der Waals surface area contributed by atoms with E-state index in [0.717, 1.165) is 12.1 Å². The zero-order valence-electron chi connectivity index (χ0n) is 10.2. The molecule has 2 unspecified atom stereocenters. The van der Waals surface area contributed by atoms with Crippen LogP contribution in [-0.2, 0) is 11.0 Å². The predicted molar refractivity (Wildman–Crippen MR) is 70.0 cm³/mol. The van der Waals surface area contributed by atoms with Gasteiger partial charge in [-0.25, -0.2) is 0 Å². The van der Waals surface area contributed by atoms with E-state index in [-0.39, 0.29) is 23.5 Å². The Hall–Kier alpha value is -1.62. The molecule has 2 rings (SSSR count). The van der Waals surface area contributed by atoms with Crippen molar-refractivity contribution in [3.05, 3.63) is 47.0 Å². The van der Waals surface area contributed by atoms with Crippen LogP contribution in [0.1, 0.15) is 23.5 Å². The molecule has 0 aliphatic heterocycles. The predicted octanol–water partition coefficient (Wildman–Crippen LogP) is 4.15. The Labute approximate surface area is 118 Å². The van der Waals surface area contributed by atoms with Crippen LogP contribution in [0.5, 0.6) is 0 Å². The molecule has 2 atom stereocenters. The largest absolute Gasteiger partial charge is 0.416 e. The molecule has 1 aliphatic rings. The number of benzene rings is 1. The summed E-state index contributed by atoms with van der Waals surface area (Å²) in [6, 6.07) is 4.58. The molecule has 1 fully saturated rings. The fourth-order valence-electron chi connectivity index (χ4n) is 2.35. The fraction of sp³-hybridized carbons (Fsp3) is 0.286. The van der Waals surface area contributed by atoms with E-state index in [4.69, 9.17) is 17.0 Å². The van der Waals surface area contributed by atoms with Crippen LogP contribution in [0.25, 0.3) is 0 Å². The highest BCUT2D eigenvalue weighted by Gasteiger charge is 2.39. The number of allylic oxidation sites excluding steroid dienone is 1. The van der Waals surface area contributed by atoms with Gasteiger partial charge in [-0.2, -0.15) is 13.2 Å². The maximum atomic E-state index is 12.7. The van der Waals surface area contributed by atoms with Crippen molar-refractivity contribution in [2.45, 2.75) is 18.5 Å². The molecule has 6 heteroatoms. The average molecular weight is 302 g/mol. The van der Waals surface area contributed by atoms with Crippen LogP contribution in [0, 0.1) is 11.3 Å². The number of nitrogens with one attached hydrogen (secondary N) is 1. The van der Waals surface area contributed by atoms with Gasteiger partial charge < -0.3 is 5.41 Å². The Balaban J connectivity index is 2.37. The molecule has 0 radical (unpaired) electrons. The van der Waals surface area contributed by atoms with Gasteiger partial charge in [0, 0.05) is 17.2 Å². The number of alkyl halides is 3. The first-order chi connectivity index (χ1) is 9.34. The maximum absolute atomic E-state index is 12.7. The smallest absolute Gasteiger partial charge is 0.309 e. The standard InChI is InChI=1S/C14H11ClF3NO/c15-5-4-9-7-11(19)12(13(9)20)8-2-1-3-10(6-8)14(16,17)18/h1-6,9,12,19H,7H2. The highest BCUT2D eigenvalue weighted by molar-refractivity contribution is 6.26. The molecule has 0 saturated heterocycles. The number of hydrogen-bond donors (Lipinski definition) is 1. The van der Waals surface area contributed by atoms with E-state index >= 15 is 0 Å². The van der Waals surface area contributed by atoms with Crippen molar-refractivity contribution in [3.63, 3.8) is 0 Å². The molecule has 2 nitrogen and oxygen atoms in total. The number of carbonyl (C=O) groups is 1. The second-order valence-corrected chi connectivity index (χ2v) is 4.86. The first-order valence-corrected chi connectivity index (χ1v) is 6.33. The molecule has 0 bridgehead atoms. The minimum atomic E-state index is -4.46. The van der Waals surface area contributed by atoms with E-state index in [0.29, 0.717) is 0 Å². The lowest BCUT2D eigenvalue weighted by atomic mass is 9.92. The summed E-state index contributed by atoms with van der Waals surface area (Å²) in [7, 11) is 0. The van der Waals surface area contributed by atoms with Crippen molar-refractivity contribution in [2.24, 2.45) is 5.92 Å². The van der Waals surface area contributed by atoms with E-state index in [2.05, 4.69) is 0 Å². The minimum absolute atomic E-state index is 0.120. The second kappa shape index (κ2) is 5.40. The molecule has 1 aromatic rings. The van der Waals surface area contributed by atoms with Gasteiger partial charge in [0.05, 0.1) is 11.5 Å². The topological polar surface area (TPSA) is 40.9 Å². The third kappa shape index (κ3) is 2.77. The molecular weight excluding hydrogens is 291 g/mol. The van der Waals surface area contributed by atoms with E-state index in [1.807, 2.05) is 0 Å². The Kier molecular flexibility index (Phi) is 3.99. The second-order valence-electron chi connectivity index (χ2n) is 4.61. The van der Waals surface area contributed by atoms with Crippen molar-refractivity contribution in [1.29, 1.82) is 5.41 Å². The molecule has 0 aromatic heterocycles. The van der Waals surface area contributed by atoms with Crippen LogP contribution in [-0.4, -0.2) is 11.5 Å². The summed E-state index contributed by atoms with van der Waals surface area (Å²) >= 11 is 5.42. The van der Waals surface area contributed by atoms with Crippen molar-refractivity contribution in [2.75, 3.05) is 0 Å². The van der Waals surface area contributed by atoms with Gasteiger partial charge in [-0.1, -0.05) is 35.9 Å². The number of rotatable bonds is 2. The Morgan fingerprint density at radius 2 is 2.05 bits per heavy atom. The van der Waals surface area contributed by atoms with Crippen LogP contribution >= 0.6 is 11.6 Å². The van der Waals surface area contributed by atoms with Crippen LogP contribution in [0.4, 0.5) is 13.2 Å². The number of carbonyl (C=O) groups excluding carboxylic acids is 1. The van der Waals surface area contributed by atoms with Gasteiger partial charge in [0.2, 0.25) is 0 Å². The molecular formula is C14H11ClF3NO. The van der Waals surface area contributed by atoms with Gasteiger partial charge in [-0.3, -0.25) is 4.79 Å². The number of halogens is 4. The number of hydrogen-bond acceptors (Lipinski definition) is 2. The van der Waals surface area contributed by atoms with Crippen molar-refractivity contribution < 1.29 is 18.0 Å². The van der Waals surface area contributed by atoms with Gasteiger partial charge in [-0.05, 0) is 18.1 Å². The molecule has 20 heavy (non-hydrogen) atoms. The summed E-state index contributed by atoms with van der Waals surface area (Å²) in [6.45, 7) is 0. The van der Waals surface area contributed by atoms with Crippen LogP contribution in [0.3, 0.4) is 0 Å². The lowest BCUT2D eigenvalue weighted by Gasteiger charge is -2.13. The van der Waals surface area contributed by atoms with Crippen molar-refractivity contribution in [1.82, 2.24) is 0 Å². The Morgan fingerprint density at radius 3 is 2.65 bits per heavy atom. The zero-order chi connectivity index (χ0) is 14.9. The van der Waals surface area contributed by atoms with Crippen LogP contribution < -0.4 is 0 Å². The summed E-state index contributed by atoms with van der Waals surface area (Å²) in [5, 5.41) is 7.83. The summed E-state index contributed by atoms with van der Waals surface area (Å²) in [4.78, 5) is 12.1. The molecule has 1 aromatic carbocycles. The Bertz CT molecular complexity index is 580. The average Bonchev–Trinajstić information content (AvgIpc) is 2.64. The summed E-state index contributed by atoms with van der Waals surface area (Å²) in [5.41, 5.74) is 0.714. The van der Waals surface area contributed by atoms with Gasteiger partial charge >= 0.3 is 6.18 Å². The molecule has 1 aliphatic carbocycles. The van der Waals surface area contributed by atoms with Gasteiger partial charge in [0.1, 0.15) is 0 Å². The molecule has 0 spiro atoms. The monoisotopic (exact) mass is 301 g/mol.